The van der Waals surface area contributed by atoms with Gasteiger partial charge in [-0.25, -0.2) is 0 Å². The van der Waals surface area contributed by atoms with Crippen LogP contribution >= 0.6 is 0 Å². The molecule has 0 aliphatic carbocycles. The molecular weight excluding hydrogens is 220 g/mol. The molecule has 0 bridgehead atoms. The second kappa shape index (κ2) is 5.83. The molecule has 94 valence electrons. The monoisotopic (exact) mass is 240 g/mol. The summed E-state index contributed by atoms with van der Waals surface area (Å²) in [6.07, 6.45) is 0.0387. The molecule has 0 amide bonds. The van der Waals surface area contributed by atoms with Crippen molar-refractivity contribution in [2.45, 2.75) is 26.9 Å². The van der Waals surface area contributed by atoms with Gasteiger partial charge in [-0.2, -0.15) is 0 Å². The third-order valence-electron chi connectivity index (χ3n) is 3.18. The summed E-state index contributed by atoms with van der Waals surface area (Å²) < 4.78 is 5.93. The van der Waals surface area contributed by atoms with Crippen LogP contribution in [-0.2, 0) is 4.74 Å². The molecule has 0 spiro atoms. The van der Waals surface area contributed by atoms with E-state index in [-0.39, 0.29) is 6.10 Å². The molecule has 0 aliphatic heterocycles. The fraction of sp³-hybridized carbons (Fsp3) is 0.294. The van der Waals surface area contributed by atoms with Gasteiger partial charge in [-0.3, -0.25) is 0 Å². The third-order valence-corrected chi connectivity index (χ3v) is 3.18. The summed E-state index contributed by atoms with van der Waals surface area (Å²) in [6.45, 7) is 7.00. The molecule has 0 saturated heterocycles. The lowest BCUT2D eigenvalue weighted by Gasteiger charge is -2.20. The van der Waals surface area contributed by atoms with Gasteiger partial charge < -0.3 is 4.74 Å². The number of benzene rings is 2. The molecule has 1 heteroatoms. The van der Waals surface area contributed by atoms with Crippen LogP contribution < -0.4 is 0 Å². The van der Waals surface area contributed by atoms with Gasteiger partial charge in [-0.15, -0.1) is 0 Å². The normalized spacial score (nSPS) is 12.4. The molecule has 18 heavy (non-hydrogen) atoms. The Labute approximate surface area is 109 Å². The van der Waals surface area contributed by atoms with E-state index in [1.807, 2.05) is 6.92 Å². The van der Waals surface area contributed by atoms with Crippen LogP contribution in [0.4, 0.5) is 0 Å². The Morgan fingerprint density at radius 2 is 1.61 bits per heavy atom. The van der Waals surface area contributed by atoms with Crippen LogP contribution in [0.15, 0.2) is 48.5 Å². The Hall–Kier alpha value is -1.60. The van der Waals surface area contributed by atoms with Crippen molar-refractivity contribution in [1.82, 2.24) is 0 Å². The predicted molar refractivity (Wildman–Crippen MR) is 75.8 cm³/mol. The molecule has 2 aromatic carbocycles. The van der Waals surface area contributed by atoms with Crippen molar-refractivity contribution in [2.75, 3.05) is 6.61 Å². The van der Waals surface area contributed by atoms with Crippen molar-refractivity contribution in [3.63, 3.8) is 0 Å². The fourth-order valence-electron chi connectivity index (χ4n) is 2.15. The first-order valence-electron chi connectivity index (χ1n) is 6.46. The minimum absolute atomic E-state index is 0.0387. The average molecular weight is 240 g/mol. The zero-order valence-corrected chi connectivity index (χ0v) is 11.3. The summed E-state index contributed by atoms with van der Waals surface area (Å²) in [4.78, 5) is 0. The first-order chi connectivity index (χ1) is 8.72. The standard InChI is InChI=1S/C17H20O/c1-4-18-17(15-11-9-13(2)10-12-15)16-8-6-5-7-14(16)3/h5-12,17H,4H2,1-3H3. The van der Waals surface area contributed by atoms with Gasteiger partial charge in [0.1, 0.15) is 6.10 Å². The lowest BCUT2D eigenvalue weighted by molar-refractivity contribution is 0.0909. The number of ether oxygens (including phenoxy) is 1. The summed E-state index contributed by atoms with van der Waals surface area (Å²) >= 11 is 0. The van der Waals surface area contributed by atoms with Gasteiger partial charge in [-0.05, 0) is 37.5 Å². The largest absolute Gasteiger partial charge is 0.369 e. The van der Waals surface area contributed by atoms with E-state index < -0.39 is 0 Å². The molecule has 1 nitrogen and oxygen atoms in total. The van der Waals surface area contributed by atoms with Gasteiger partial charge in [0, 0.05) is 6.61 Å². The second-order valence-corrected chi connectivity index (χ2v) is 4.60. The van der Waals surface area contributed by atoms with Gasteiger partial charge in [0.15, 0.2) is 0 Å². The van der Waals surface area contributed by atoms with Gasteiger partial charge in [0.2, 0.25) is 0 Å². The Kier molecular flexibility index (Phi) is 4.16. The fourth-order valence-corrected chi connectivity index (χ4v) is 2.15. The Morgan fingerprint density at radius 3 is 2.22 bits per heavy atom. The van der Waals surface area contributed by atoms with Gasteiger partial charge in [0.25, 0.3) is 0 Å². The first kappa shape index (κ1) is 12.8. The van der Waals surface area contributed by atoms with E-state index in [0.717, 1.165) is 0 Å². The van der Waals surface area contributed by atoms with E-state index in [1.165, 1.54) is 22.3 Å². The average Bonchev–Trinajstić information content (AvgIpc) is 2.38. The molecule has 2 rings (SSSR count). The van der Waals surface area contributed by atoms with Gasteiger partial charge in [-0.1, -0.05) is 54.1 Å². The first-order valence-corrected chi connectivity index (χ1v) is 6.46. The Bertz CT molecular complexity index is 499. The van der Waals surface area contributed by atoms with E-state index in [4.69, 9.17) is 4.74 Å². The van der Waals surface area contributed by atoms with Crippen LogP contribution in [0, 0.1) is 13.8 Å². The number of aryl methyl sites for hydroxylation is 2. The molecule has 0 heterocycles. The quantitative estimate of drug-likeness (QED) is 0.768. The molecule has 0 fully saturated rings. The highest BCUT2D eigenvalue weighted by molar-refractivity contribution is 5.36. The highest BCUT2D eigenvalue weighted by Gasteiger charge is 2.15. The van der Waals surface area contributed by atoms with Crippen molar-refractivity contribution in [3.8, 4) is 0 Å². The van der Waals surface area contributed by atoms with Crippen LogP contribution in [0.3, 0.4) is 0 Å². The lowest BCUT2D eigenvalue weighted by Crippen LogP contribution is -2.07. The van der Waals surface area contributed by atoms with Gasteiger partial charge >= 0.3 is 0 Å². The van der Waals surface area contributed by atoms with Crippen LogP contribution in [0.2, 0.25) is 0 Å². The highest BCUT2D eigenvalue weighted by Crippen LogP contribution is 2.28. The number of hydrogen-bond acceptors (Lipinski definition) is 1. The summed E-state index contributed by atoms with van der Waals surface area (Å²) in [5, 5.41) is 0. The number of hydrogen-bond donors (Lipinski definition) is 0. The molecule has 0 aliphatic rings. The maximum absolute atomic E-state index is 5.93. The van der Waals surface area contributed by atoms with E-state index in [2.05, 4.69) is 62.4 Å². The highest BCUT2D eigenvalue weighted by atomic mass is 16.5. The smallest absolute Gasteiger partial charge is 0.108 e. The van der Waals surface area contributed by atoms with Crippen molar-refractivity contribution < 1.29 is 4.74 Å². The maximum atomic E-state index is 5.93. The molecule has 1 atom stereocenters. The molecule has 0 aromatic heterocycles. The minimum Gasteiger partial charge on any atom is -0.369 e. The Morgan fingerprint density at radius 1 is 0.944 bits per heavy atom. The minimum atomic E-state index is 0.0387. The zero-order valence-electron chi connectivity index (χ0n) is 11.3. The van der Waals surface area contributed by atoms with Crippen molar-refractivity contribution >= 4 is 0 Å². The van der Waals surface area contributed by atoms with E-state index in [0.29, 0.717) is 6.61 Å². The number of rotatable bonds is 4. The third kappa shape index (κ3) is 2.80. The SMILES string of the molecule is CCOC(c1ccc(C)cc1)c1ccccc1C. The molecule has 0 radical (unpaired) electrons. The van der Waals surface area contributed by atoms with E-state index >= 15 is 0 Å². The topological polar surface area (TPSA) is 9.23 Å². The predicted octanol–water partition coefficient (Wildman–Crippen LogP) is 4.43. The van der Waals surface area contributed by atoms with Crippen LogP contribution in [0.5, 0.6) is 0 Å². The van der Waals surface area contributed by atoms with Crippen LogP contribution in [0.25, 0.3) is 0 Å². The van der Waals surface area contributed by atoms with E-state index in [1.54, 1.807) is 0 Å². The maximum Gasteiger partial charge on any atom is 0.108 e. The summed E-state index contributed by atoms with van der Waals surface area (Å²) in [6, 6.07) is 17.0. The van der Waals surface area contributed by atoms with Crippen molar-refractivity contribution in [1.29, 1.82) is 0 Å². The molecule has 2 aromatic rings. The van der Waals surface area contributed by atoms with Crippen molar-refractivity contribution in [2.24, 2.45) is 0 Å². The Balaban J connectivity index is 2.40. The molecule has 0 saturated carbocycles. The summed E-state index contributed by atoms with van der Waals surface area (Å²) in [7, 11) is 0. The zero-order chi connectivity index (χ0) is 13.0. The second-order valence-electron chi connectivity index (χ2n) is 4.60. The summed E-state index contributed by atoms with van der Waals surface area (Å²) in [5.74, 6) is 0. The van der Waals surface area contributed by atoms with Crippen molar-refractivity contribution in [3.05, 3.63) is 70.8 Å². The van der Waals surface area contributed by atoms with Crippen LogP contribution in [0.1, 0.15) is 35.3 Å². The molecule has 0 N–H and O–H groups in total. The molecule has 1 unspecified atom stereocenters. The van der Waals surface area contributed by atoms with Crippen LogP contribution in [-0.4, -0.2) is 6.61 Å². The van der Waals surface area contributed by atoms with Gasteiger partial charge in [0.05, 0.1) is 0 Å². The summed E-state index contributed by atoms with van der Waals surface area (Å²) in [5.41, 5.74) is 5.02. The lowest BCUT2D eigenvalue weighted by atomic mass is 9.97. The molecular formula is C17H20O. The van der Waals surface area contributed by atoms with E-state index in [9.17, 15) is 0 Å².